The van der Waals surface area contributed by atoms with Crippen molar-refractivity contribution in [2.24, 2.45) is 5.92 Å². The van der Waals surface area contributed by atoms with Gasteiger partial charge in [0.1, 0.15) is 5.75 Å². The van der Waals surface area contributed by atoms with Gasteiger partial charge in [0.25, 0.3) is 5.91 Å². The van der Waals surface area contributed by atoms with Crippen LogP contribution in [0.5, 0.6) is 5.75 Å². The van der Waals surface area contributed by atoms with Gasteiger partial charge in [-0.25, -0.2) is 0 Å². The lowest BCUT2D eigenvalue weighted by molar-refractivity contribution is -0.132. The highest BCUT2D eigenvalue weighted by Gasteiger charge is 2.40. The normalized spacial score (nSPS) is 20.0. The Morgan fingerprint density at radius 1 is 1.13 bits per heavy atom. The van der Waals surface area contributed by atoms with Crippen molar-refractivity contribution in [2.45, 2.75) is 58.5 Å². The molecule has 1 unspecified atom stereocenters. The van der Waals surface area contributed by atoms with E-state index in [4.69, 9.17) is 4.74 Å². The third-order valence-corrected chi connectivity index (χ3v) is 5.78. The van der Waals surface area contributed by atoms with Gasteiger partial charge in [-0.05, 0) is 51.8 Å². The fourth-order valence-corrected chi connectivity index (χ4v) is 4.12. The summed E-state index contributed by atoms with van der Waals surface area (Å²) in [5.41, 5.74) is 0.179. The fraction of sp³-hybridized carbons (Fsp3) is 0.565. The number of carbonyl (C=O) groups is 4. The number of esters is 1. The molecule has 3 rings (SSSR count). The summed E-state index contributed by atoms with van der Waals surface area (Å²) in [4.78, 5) is 52.4. The summed E-state index contributed by atoms with van der Waals surface area (Å²) < 4.78 is 5.05. The lowest BCUT2D eigenvalue weighted by atomic mass is 10.0. The number of carbonyl (C=O) groups excluding carboxylic acids is 4. The van der Waals surface area contributed by atoms with Crippen molar-refractivity contribution < 1.29 is 23.9 Å². The highest BCUT2D eigenvalue weighted by atomic mass is 16.5. The molecule has 1 N–H and O–H groups in total. The second-order valence-corrected chi connectivity index (χ2v) is 9.27. The van der Waals surface area contributed by atoms with Gasteiger partial charge in [0.15, 0.2) is 0 Å². The minimum absolute atomic E-state index is 0.0114. The molecule has 0 spiro atoms. The summed E-state index contributed by atoms with van der Waals surface area (Å²) >= 11 is 0. The van der Waals surface area contributed by atoms with Crippen LogP contribution < -0.4 is 10.1 Å². The summed E-state index contributed by atoms with van der Waals surface area (Å²) in [5.74, 6) is -0.606. The quantitative estimate of drug-likeness (QED) is 0.583. The first-order valence-electron chi connectivity index (χ1n) is 10.7. The first-order valence-corrected chi connectivity index (χ1v) is 10.7. The Morgan fingerprint density at radius 3 is 2.39 bits per heavy atom. The molecule has 3 amide bonds. The van der Waals surface area contributed by atoms with Crippen LogP contribution in [0.15, 0.2) is 24.3 Å². The van der Waals surface area contributed by atoms with Gasteiger partial charge in [0.2, 0.25) is 11.8 Å². The van der Waals surface area contributed by atoms with E-state index in [1.807, 2.05) is 20.8 Å². The molecule has 2 aliphatic rings. The number of hydrogen-bond donors (Lipinski definition) is 1. The van der Waals surface area contributed by atoms with Crippen LogP contribution >= 0.6 is 0 Å². The van der Waals surface area contributed by atoms with Crippen LogP contribution in [0, 0.1) is 5.92 Å². The Bertz CT molecular complexity index is 868. The Balaban J connectivity index is 1.51. The minimum atomic E-state index is -0.435. The van der Waals surface area contributed by atoms with E-state index >= 15 is 0 Å². The van der Waals surface area contributed by atoms with Gasteiger partial charge >= 0.3 is 5.97 Å². The van der Waals surface area contributed by atoms with E-state index < -0.39 is 5.97 Å². The topological polar surface area (TPSA) is 96.0 Å². The molecule has 8 heteroatoms. The summed E-state index contributed by atoms with van der Waals surface area (Å²) in [6.07, 6.45) is 1.56. The van der Waals surface area contributed by atoms with Crippen molar-refractivity contribution in [3.8, 4) is 5.75 Å². The number of ether oxygens (including phenoxy) is 1. The molecule has 168 valence electrons. The lowest BCUT2D eigenvalue weighted by Crippen LogP contribution is -2.48. The molecule has 1 aromatic carbocycles. The Labute approximate surface area is 182 Å². The maximum Gasteiger partial charge on any atom is 0.308 e. The highest BCUT2D eigenvalue weighted by Crippen LogP contribution is 2.26. The molecule has 2 aliphatic heterocycles. The Morgan fingerprint density at radius 2 is 1.81 bits per heavy atom. The molecular weight excluding hydrogens is 398 g/mol. The number of benzene rings is 1. The van der Waals surface area contributed by atoms with Crippen LogP contribution in [0.25, 0.3) is 0 Å². The molecule has 2 fully saturated rings. The second kappa shape index (κ2) is 9.08. The third-order valence-electron chi connectivity index (χ3n) is 5.78. The molecule has 2 heterocycles. The summed E-state index contributed by atoms with van der Waals surface area (Å²) in [5, 5.41) is 3.07. The summed E-state index contributed by atoms with van der Waals surface area (Å²) in [7, 11) is 0. The van der Waals surface area contributed by atoms with Gasteiger partial charge in [-0.15, -0.1) is 0 Å². The maximum absolute atomic E-state index is 12.8. The predicted octanol–water partition coefficient (Wildman–Crippen LogP) is 1.98. The van der Waals surface area contributed by atoms with E-state index in [9.17, 15) is 19.2 Å². The zero-order valence-corrected chi connectivity index (χ0v) is 18.6. The average molecular weight is 430 g/mol. The molecule has 0 bridgehead atoms. The van der Waals surface area contributed by atoms with Crippen molar-refractivity contribution in [2.75, 3.05) is 19.6 Å². The van der Waals surface area contributed by atoms with Crippen LogP contribution in [0.4, 0.5) is 0 Å². The SMILES string of the molecule is CC(=O)Oc1cccc(C(=O)N2CCC(NC(=O)C3CC(=O)N(C(C)(C)C)C3)CC2)c1. The van der Waals surface area contributed by atoms with Crippen molar-refractivity contribution in [3.63, 3.8) is 0 Å². The molecule has 0 aliphatic carbocycles. The van der Waals surface area contributed by atoms with Crippen molar-refractivity contribution in [3.05, 3.63) is 29.8 Å². The molecule has 2 saturated heterocycles. The van der Waals surface area contributed by atoms with Gasteiger partial charge in [-0.3, -0.25) is 19.2 Å². The predicted molar refractivity (Wildman–Crippen MR) is 114 cm³/mol. The molecule has 0 radical (unpaired) electrons. The molecule has 31 heavy (non-hydrogen) atoms. The fourth-order valence-electron chi connectivity index (χ4n) is 4.12. The van der Waals surface area contributed by atoms with Crippen LogP contribution in [-0.2, 0) is 14.4 Å². The number of amides is 3. The average Bonchev–Trinajstić information content (AvgIpc) is 3.10. The summed E-state index contributed by atoms with van der Waals surface area (Å²) in [6.45, 7) is 8.73. The van der Waals surface area contributed by atoms with Crippen LogP contribution in [0.1, 0.15) is 57.3 Å². The van der Waals surface area contributed by atoms with Crippen molar-refractivity contribution in [1.29, 1.82) is 0 Å². The number of nitrogens with one attached hydrogen (secondary N) is 1. The Kier molecular flexibility index (Phi) is 6.67. The van der Waals surface area contributed by atoms with Crippen LogP contribution in [0.2, 0.25) is 0 Å². The zero-order valence-electron chi connectivity index (χ0n) is 18.6. The molecule has 0 saturated carbocycles. The maximum atomic E-state index is 12.8. The van der Waals surface area contributed by atoms with Crippen molar-refractivity contribution >= 4 is 23.7 Å². The molecule has 0 aromatic heterocycles. The first-order chi connectivity index (χ1) is 14.5. The van der Waals surface area contributed by atoms with Crippen molar-refractivity contribution in [1.82, 2.24) is 15.1 Å². The van der Waals surface area contributed by atoms with Crippen LogP contribution in [0.3, 0.4) is 0 Å². The van der Waals surface area contributed by atoms with E-state index in [-0.39, 0.29) is 41.6 Å². The van der Waals surface area contributed by atoms with Gasteiger partial charge in [0, 0.05) is 50.1 Å². The zero-order chi connectivity index (χ0) is 22.8. The Hall–Kier alpha value is -2.90. The number of hydrogen-bond acceptors (Lipinski definition) is 5. The van der Waals surface area contributed by atoms with E-state index in [0.29, 0.717) is 43.8 Å². The molecular formula is C23H31N3O5. The van der Waals surface area contributed by atoms with E-state index in [2.05, 4.69) is 5.32 Å². The largest absolute Gasteiger partial charge is 0.427 e. The van der Waals surface area contributed by atoms with Crippen LogP contribution in [-0.4, -0.2) is 64.7 Å². The molecule has 8 nitrogen and oxygen atoms in total. The van der Waals surface area contributed by atoms with Gasteiger partial charge in [-0.2, -0.15) is 0 Å². The molecule has 1 atom stereocenters. The van der Waals surface area contributed by atoms with Gasteiger partial charge in [-0.1, -0.05) is 6.07 Å². The van der Waals surface area contributed by atoms with E-state index in [1.54, 1.807) is 34.1 Å². The minimum Gasteiger partial charge on any atom is -0.427 e. The number of rotatable bonds is 4. The third kappa shape index (κ3) is 5.62. The number of piperidine rings is 1. The van der Waals surface area contributed by atoms with Gasteiger partial charge in [0.05, 0.1) is 5.92 Å². The summed E-state index contributed by atoms with van der Waals surface area (Å²) in [6, 6.07) is 6.57. The smallest absolute Gasteiger partial charge is 0.308 e. The first kappa shape index (κ1) is 22.8. The lowest BCUT2D eigenvalue weighted by Gasteiger charge is -2.33. The molecule has 1 aromatic rings. The monoisotopic (exact) mass is 429 g/mol. The van der Waals surface area contributed by atoms with Gasteiger partial charge < -0.3 is 19.9 Å². The standard InChI is InChI=1S/C23H31N3O5/c1-15(27)31-19-7-5-6-16(12-19)22(30)25-10-8-18(9-11-25)24-21(29)17-13-20(28)26(14-17)23(2,3)4/h5-7,12,17-18H,8-11,13-14H2,1-4H3,(H,24,29). The number of likely N-dealkylation sites (tertiary alicyclic amines) is 2. The number of nitrogens with zero attached hydrogens (tertiary/aromatic N) is 2. The second-order valence-electron chi connectivity index (χ2n) is 9.27. The van der Waals surface area contributed by atoms with E-state index in [0.717, 1.165) is 0 Å². The van der Waals surface area contributed by atoms with E-state index in [1.165, 1.54) is 6.92 Å². The highest BCUT2D eigenvalue weighted by molar-refractivity contribution is 5.95.